The van der Waals surface area contributed by atoms with Gasteiger partial charge in [-0.25, -0.2) is 0 Å². The number of benzene rings is 3. The van der Waals surface area contributed by atoms with E-state index in [9.17, 15) is 19.2 Å². The molecule has 0 aromatic heterocycles. The number of rotatable bonds is 17. The van der Waals surface area contributed by atoms with Gasteiger partial charge >= 0.3 is 351 Å². The molecular formula is C46H65IN2O8. The van der Waals surface area contributed by atoms with Gasteiger partial charge in [-0.1, -0.05) is 0 Å². The summed E-state index contributed by atoms with van der Waals surface area (Å²) in [7, 11) is 0. The van der Waals surface area contributed by atoms with Crippen LogP contribution in [0.25, 0.3) is 0 Å². The average molecular weight is 901 g/mol. The number of anilines is 2. The van der Waals surface area contributed by atoms with Crippen LogP contribution < -0.4 is 20.1 Å². The summed E-state index contributed by atoms with van der Waals surface area (Å²) in [4.78, 5) is 52.7. The van der Waals surface area contributed by atoms with Crippen molar-refractivity contribution < 1.29 is 34.8 Å². The fourth-order valence-electron chi connectivity index (χ4n) is 6.25. The van der Waals surface area contributed by atoms with Crippen LogP contribution >= 0.6 is 20.6 Å². The molecule has 0 saturated carbocycles. The molecule has 0 aliphatic heterocycles. The topological polar surface area (TPSA) is 129 Å². The Morgan fingerprint density at radius 3 is 1.04 bits per heavy atom. The van der Waals surface area contributed by atoms with Crippen LogP contribution in [0.15, 0.2) is 42.5 Å². The van der Waals surface area contributed by atoms with E-state index in [2.05, 4.69) is 118 Å². The Bertz CT molecular complexity index is 1730. The van der Waals surface area contributed by atoms with E-state index in [1.807, 2.05) is 0 Å². The Morgan fingerprint density at radius 2 is 0.789 bits per heavy atom. The average Bonchev–Trinajstić information content (AvgIpc) is 3.10. The molecular weight excluding hydrogens is 835 g/mol. The summed E-state index contributed by atoms with van der Waals surface area (Å²) in [6, 6.07) is 13.5. The third-order valence-corrected chi connectivity index (χ3v) is 13.5. The van der Waals surface area contributed by atoms with Crippen molar-refractivity contribution in [2.75, 3.05) is 10.6 Å². The van der Waals surface area contributed by atoms with Crippen LogP contribution in [0.1, 0.15) is 180 Å². The van der Waals surface area contributed by atoms with Crippen molar-refractivity contribution in [3.63, 3.8) is 0 Å². The van der Waals surface area contributed by atoms with Crippen molar-refractivity contribution >= 4 is 55.8 Å². The SMILES string of the molecule is CC(=O)OI(OC(C)=O)c1c(O[C@H](C)C(=O)Nc2c(C(C)C)cc(C(C)C)cc2C(C)C)cccc1O[C@H](C)C(=O)Nc1c(C(C)C)cc(C(C)C)cc1C(C)C. The second kappa shape index (κ2) is 20.5. The van der Waals surface area contributed by atoms with Crippen molar-refractivity contribution in [3.05, 3.63) is 79.4 Å². The van der Waals surface area contributed by atoms with Crippen molar-refractivity contribution in [1.82, 2.24) is 0 Å². The summed E-state index contributed by atoms with van der Waals surface area (Å²) in [6.45, 7) is 31.1. The second-order valence-electron chi connectivity index (χ2n) is 16.5. The molecule has 0 spiro atoms. The van der Waals surface area contributed by atoms with E-state index in [0.29, 0.717) is 11.8 Å². The molecule has 0 bridgehead atoms. The fraction of sp³-hybridized carbons (Fsp3) is 0.522. The normalized spacial score (nSPS) is 12.9. The zero-order chi connectivity index (χ0) is 43.0. The Morgan fingerprint density at radius 1 is 0.491 bits per heavy atom. The monoisotopic (exact) mass is 900 g/mol. The number of hydrogen-bond donors (Lipinski definition) is 2. The third-order valence-electron chi connectivity index (χ3n) is 9.55. The van der Waals surface area contributed by atoms with Crippen LogP contribution in [0.2, 0.25) is 0 Å². The van der Waals surface area contributed by atoms with Gasteiger partial charge in [0.2, 0.25) is 0 Å². The molecule has 2 atom stereocenters. The van der Waals surface area contributed by atoms with Crippen LogP contribution in [0.5, 0.6) is 11.5 Å². The Hall–Kier alpha value is -4.13. The van der Waals surface area contributed by atoms with E-state index in [1.165, 1.54) is 25.0 Å². The number of nitrogens with one attached hydrogen (secondary N) is 2. The fourth-order valence-corrected chi connectivity index (χ4v) is 9.39. The molecule has 0 heterocycles. The molecule has 0 saturated heterocycles. The van der Waals surface area contributed by atoms with E-state index in [-0.39, 0.29) is 38.7 Å². The summed E-state index contributed by atoms with van der Waals surface area (Å²) in [6.07, 6.45) is -2.09. The van der Waals surface area contributed by atoms with Crippen LogP contribution in [-0.2, 0) is 25.3 Å². The van der Waals surface area contributed by atoms with E-state index in [0.717, 1.165) is 33.6 Å². The van der Waals surface area contributed by atoms with Crippen molar-refractivity contribution in [2.45, 2.75) is 158 Å². The molecule has 0 aliphatic carbocycles. The molecule has 3 aromatic carbocycles. The number of halogens is 1. The molecule has 3 aromatic rings. The maximum atomic E-state index is 14.0. The molecule has 0 fully saturated rings. The molecule has 10 nitrogen and oxygen atoms in total. The van der Waals surface area contributed by atoms with Gasteiger partial charge in [0.15, 0.2) is 0 Å². The van der Waals surface area contributed by atoms with E-state index in [1.54, 1.807) is 32.0 Å². The molecule has 0 radical (unpaired) electrons. The number of ether oxygens (including phenoxy) is 2. The van der Waals surface area contributed by atoms with Crippen molar-refractivity contribution in [3.8, 4) is 11.5 Å². The van der Waals surface area contributed by atoms with Gasteiger partial charge in [-0.2, -0.15) is 0 Å². The summed E-state index contributed by atoms with van der Waals surface area (Å²) < 4.78 is 24.2. The first-order chi connectivity index (χ1) is 26.5. The number of hydrogen-bond acceptors (Lipinski definition) is 8. The summed E-state index contributed by atoms with van der Waals surface area (Å²) in [5, 5.41) is 6.31. The number of carbonyl (C=O) groups excluding carboxylic acids is 4. The van der Waals surface area contributed by atoms with Gasteiger partial charge < -0.3 is 0 Å². The number of amides is 2. The Kier molecular flexibility index (Phi) is 17.0. The molecule has 2 amide bonds. The number of carbonyl (C=O) groups is 4. The van der Waals surface area contributed by atoms with E-state index >= 15 is 0 Å². The molecule has 314 valence electrons. The third kappa shape index (κ3) is 12.4. The van der Waals surface area contributed by atoms with Gasteiger partial charge in [0.25, 0.3) is 0 Å². The van der Waals surface area contributed by atoms with Gasteiger partial charge in [0.1, 0.15) is 0 Å². The van der Waals surface area contributed by atoms with Crippen molar-refractivity contribution in [2.24, 2.45) is 0 Å². The molecule has 2 N–H and O–H groups in total. The van der Waals surface area contributed by atoms with E-state index in [4.69, 9.17) is 15.6 Å². The van der Waals surface area contributed by atoms with Gasteiger partial charge in [-0.15, -0.1) is 0 Å². The van der Waals surface area contributed by atoms with Crippen LogP contribution in [0, 0.1) is 3.57 Å². The molecule has 0 aliphatic rings. The van der Waals surface area contributed by atoms with Crippen LogP contribution in [0.3, 0.4) is 0 Å². The minimum absolute atomic E-state index is 0.132. The maximum absolute atomic E-state index is 14.0. The van der Waals surface area contributed by atoms with Crippen LogP contribution in [0.4, 0.5) is 11.4 Å². The zero-order valence-corrected chi connectivity index (χ0v) is 39.0. The quantitative estimate of drug-likeness (QED) is 0.128. The summed E-state index contributed by atoms with van der Waals surface area (Å²) >= 11 is -3.67. The molecule has 0 unspecified atom stereocenters. The zero-order valence-electron chi connectivity index (χ0n) is 36.8. The van der Waals surface area contributed by atoms with Crippen LogP contribution in [-0.4, -0.2) is 36.0 Å². The Labute approximate surface area is 349 Å². The summed E-state index contributed by atoms with van der Waals surface area (Å²) in [5.74, 6) is -0.684. The minimum atomic E-state index is -3.67. The molecule has 57 heavy (non-hydrogen) atoms. The first-order valence-corrected chi connectivity index (χ1v) is 22.9. The molecule has 11 heteroatoms. The first-order valence-electron chi connectivity index (χ1n) is 20.0. The Balaban J connectivity index is 2.07. The first kappa shape index (κ1) is 47.2. The van der Waals surface area contributed by atoms with Gasteiger partial charge in [-0.3, -0.25) is 0 Å². The predicted molar refractivity (Wildman–Crippen MR) is 238 cm³/mol. The van der Waals surface area contributed by atoms with Gasteiger partial charge in [-0.05, 0) is 0 Å². The van der Waals surface area contributed by atoms with Gasteiger partial charge in [0, 0.05) is 0 Å². The van der Waals surface area contributed by atoms with E-state index < -0.39 is 56.6 Å². The predicted octanol–water partition coefficient (Wildman–Crippen LogP) is 11.9. The molecule has 3 rings (SSSR count). The second-order valence-corrected chi connectivity index (χ2v) is 19.7. The van der Waals surface area contributed by atoms with Gasteiger partial charge in [0.05, 0.1) is 0 Å². The van der Waals surface area contributed by atoms with Crippen molar-refractivity contribution in [1.29, 1.82) is 0 Å². The standard InChI is InChI=1S/C46H65IN2O8/c1-24(2)34-20-36(26(5)6)43(37(21-34)27(7)8)48-45(52)30(13)54-40-18-17-19-41(42(40)47(56-32(15)50)57-33(16)51)55-31(14)46(53)49-44-38(28(9)10)22-35(25(3)4)23-39(44)29(11)12/h17-31H,1-16H3,(H,48,52)(H,49,53)/t30-,31-/m1/s1. The summed E-state index contributed by atoms with van der Waals surface area (Å²) in [5.41, 5.74) is 8.05.